The van der Waals surface area contributed by atoms with Gasteiger partial charge in [-0.25, -0.2) is 13.2 Å². The molecule has 0 saturated heterocycles. The quantitative estimate of drug-likeness (QED) is 0.00762. The van der Waals surface area contributed by atoms with Crippen LogP contribution < -0.4 is 25.9 Å². The molecule has 0 saturated carbocycles. The Balaban J connectivity index is 0.984. The van der Waals surface area contributed by atoms with Gasteiger partial charge in [0.1, 0.15) is 29.8 Å². The lowest BCUT2D eigenvalue weighted by atomic mass is 9.76. The number of halogens is 4. The molecule has 7 N–H and O–H groups in total. The van der Waals surface area contributed by atoms with E-state index in [4.69, 9.17) is 41.7 Å². The first kappa shape index (κ1) is 48.4. The average Bonchev–Trinajstić information content (AvgIpc) is 3.27. The molecule has 0 heterocycles. The zero-order valence-electron chi connectivity index (χ0n) is 33.5. The summed E-state index contributed by atoms with van der Waals surface area (Å²) in [6.07, 6.45) is -0.0841. The van der Waals surface area contributed by atoms with Gasteiger partial charge in [-0.1, -0.05) is 18.9 Å². The fraction of sp³-hybridized carbons (Fsp3) is 0.550. The number of nitrogens with zero attached hydrogens (tertiary/aromatic N) is 2. The number of hydrogen-bond donors (Lipinski definition) is 6. The summed E-state index contributed by atoms with van der Waals surface area (Å²) in [7, 11) is 0. The second kappa shape index (κ2) is 24.8. The van der Waals surface area contributed by atoms with Crippen LogP contribution in [0.2, 0.25) is 0 Å². The number of nitrogens with one attached hydrogen (secondary N) is 2. The van der Waals surface area contributed by atoms with Gasteiger partial charge in [0, 0.05) is 29.9 Å². The minimum Gasteiger partial charge on any atom is -0.483 e. The van der Waals surface area contributed by atoms with Gasteiger partial charge >= 0.3 is 5.97 Å². The average molecular weight is 872 g/mol. The molecule has 0 bridgehead atoms. The van der Waals surface area contributed by atoms with Crippen LogP contribution in [-0.4, -0.2) is 129 Å². The van der Waals surface area contributed by atoms with Gasteiger partial charge < -0.3 is 60.2 Å². The number of carbonyl (C=O) groups excluding carboxylic acids is 1. The summed E-state index contributed by atoms with van der Waals surface area (Å²) >= 11 is 5.38. The molecule has 2 aliphatic carbocycles. The standard InChI is InChI=1S/C40H53F4N5O10S/c1-3-4-28-27-9-10-29(27)39(37(53)36(52)35(28)51)58-26-7-5-24(6-8-26)48-40(60)47-13-16-55-17-18-56-19-20-57-22-25(49-45)21-46-12-15-54-14-11-30(50)59-38-23(2)31(41)32(42)33(43)34(38)44/h5-8,21,28,35-37,39,51-53H,3-4,9-20,22,45H2,1-2H3,(H2,47,48,60)/b46-21?,49-25+/t28-,35+,36-,37-,39-/m0/s1. The van der Waals surface area contributed by atoms with E-state index in [0.717, 1.165) is 49.4 Å². The lowest BCUT2D eigenvalue weighted by Crippen LogP contribution is -2.47. The van der Waals surface area contributed by atoms with Crippen molar-refractivity contribution in [3.63, 3.8) is 0 Å². The third-order valence-corrected chi connectivity index (χ3v) is 9.92. The second-order valence-corrected chi connectivity index (χ2v) is 14.2. The number of aliphatic imine (C=N–C) groups is 1. The smallest absolute Gasteiger partial charge is 0.313 e. The summed E-state index contributed by atoms with van der Waals surface area (Å²) in [4.78, 5) is 16.0. The van der Waals surface area contributed by atoms with Gasteiger partial charge in [-0.2, -0.15) is 9.49 Å². The van der Waals surface area contributed by atoms with E-state index < -0.39 is 65.0 Å². The molecule has 5 atom stereocenters. The maximum Gasteiger partial charge on any atom is 0.313 e. The van der Waals surface area contributed by atoms with Crippen molar-refractivity contribution < 1.29 is 66.1 Å². The number of hydrogen-bond acceptors (Lipinski definition) is 14. The van der Waals surface area contributed by atoms with Crippen LogP contribution in [0.4, 0.5) is 23.2 Å². The summed E-state index contributed by atoms with van der Waals surface area (Å²) in [6.45, 7) is 5.25. The lowest BCUT2D eigenvalue weighted by Gasteiger charge is -2.33. The topological polar surface area (TPSA) is 208 Å². The molecule has 0 spiro atoms. The van der Waals surface area contributed by atoms with Crippen LogP contribution in [0, 0.1) is 36.1 Å². The van der Waals surface area contributed by atoms with Gasteiger partial charge in [0.25, 0.3) is 0 Å². The van der Waals surface area contributed by atoms with Crippen molar-refractivity contribution in [2.45, 2.75) is 70.4 Å². The molecule has 0 radical (unpaired) electrons. The van der Waals surface area contributed by atoms with Gasteiger partial charge in [-0.05, 0) is 68.2 Å². The Bertz CT molecular complexity index is 1790. The normalized spacial score (nSPS) is 20.4. The summed E-state index contributed by atoms with van der Waals surface area (Å²) in [5, 5.41) is 42.4. The molecular weight excluding hydrogens is 819 g/mol. The third kappa shape index (κ3) is 13.9. The maximum atomic E-state index is 13.9. The zero-order chi connectivity index (χ0) is 43.6. The Morgan fingerprint density at radius 2 is 1.52 bits per heavy atom. The summed E-state index contributed by atoms with van der Waals surface area (Å²) < 4.78 is 86.8. The van der Waals surface area contributed by atoms with E-state index in [0.29, 0.717) is 49.5 Å². The van der Waals surface area contributed by atoms with Crippen molar-refractivity contribution in [2.75, 3.05) is 71.3 Å². The van der Waals surface area contributed by atoms with Crippen molar-refractivity contribution in [1.29, 1.82) is 0 Å². The van der Waals surface area contributed by atoms with Crippen LogP contribution >= 0.6 is 12.2 Å². The molecule has 15 nitrogen and oxygen atoms in total. The molecule has 2 aliphatic rings. The van der Waals surface area contributed by atoms with Gasteiger partial charge in [0.15, 0.2) is 22.5 Å². The summed E-state index contributed by atoms with van der Waals surface area (Å²) in [5.41, 5.74) is 2.45. The zero-order valence-corrected chi connectivity index (χ0v) is 34.3. The highest BCUT2D eigenvalue weighted by Gasteiger charge is 2.46. The molecule has 332 valence electrons. The van der Waals surface area contributed by atoms with Crippen molar-refractivity contribution in [3.05, 3.63) is 64.2 Å². The first-order chi connectivity index (χ1) is 28.9. The van der Waals surface area contributed by atoms with Crippen LogP contribution in [0.25, 0.3) is 0 Å². The van der Waals surface area contributed by atoms with E-state index in [-0.39, 0.29) is 45.3 Å². The van der Waals surface area contributed by atoms with E-state index in [1.54, 1.807) is 24.3 Å². The van der Waals surface area contributed by atoms with Gasteiger partial charge in [-0.15, -0.1) is 0 Å². The number of aliphatic hydroxyl groups excluding tert-OH is 3. The summed E-state index contributed by atoms with van der Waals surface area (Å²) in [5.74, 6) is -3.85. The molecule has 0 aromatic heterocycles. The summed E-state index contributed by atoms with van der Waals surface area (Å²) in [6, 6.07) is 7.09. The highest BCUT2D eigenvalue weighted by Crippen LogP contribution is 2.45. The van der Waals surface area contributed by atoms with Gasteiger partial charge in [-0.3, -0.25) is 9.79 Å². The van der Waals surface area contributed by atoms with E-state index >= 15 is 0 Å². The monoisotopic (exact) mass is 871 g/mol. The molecule has 0 amide bonds. The molecule has 0 aliphatic heterocycles. The number of ether oxygens (including phenoxy) is 6. The van der Waals surface area contributed by atoms with Crippen LogP contribution in [0.1, 0.15) is 44.6 Å². The first-order valence-electron chi connectivity index (χ1n) is 19.6. The minimum atomic E-state index is -2.08. The number of rotatable bonds is 24. The molecule has 60 heavy (non-hydrogen) atoms. The molecule has 0 fully saturated rings. The van der Waals surface area contributed by atoms with Crippen LogP contribution in [-0.2, 0) is 23.7 Å². The van der Waals surface area contributed by atoms with E-state index in [1.165, 1.54) is 6.21 Å². The third-order valence-electron chi connectivity index (χ3n) is 9.67. The molecular formula is C40H53F4N5O10S. The molecule has 0 unspecified atom stereocenters. The maximum absolute atomic E-state index is 13.9. The Kier molecular flexibility index (Phi) is 20.0. The highest BCUT2D eigenvalue weighted by atomic mass is 32.1. The highest BCUT2D eigenvalue weighted by molar-refractivity contribution is 7.80. The number of esters is 1. The van der Waals surface area contributed by atoms with Crippen LogP contribution in [0.15, 0.2) is 45.5 Å². The molecule has 2 aromatic carbocycles. The Morgan fingerprint density at radius 1 is 0.867 bits per heavy atom. The molecule has 4 rings (SSSR count). The second-order valence-electron chi connectivity index (χ2n) is 13.8. The Labute approximate surface area is 350 Å². The number of nitrogens with two attached hydrogens (primary N) is 1. The predicted molar refractivity (Wildman–Crippen MR) is 217 cm³/mol. The molecule has 20 heteroatoms. The van der Waals surface area contributed by atoms with Crippen molar-refractivity contribution in [2.24, 2.45) is 21.9 Å². The SMILES string of the molecule is CCC[C@H]1C2=C(CC2)[C@H](Oc2ccc(NC(=S)NCCOCCOCCOC/C(C=NCCOCCC(=O)Oc3c(C)c(F)c(F)c(F)c3F)=N/N)cc2)[C@@H](O)[C@@H](O)[C@@H]1O. The van der Waals surface area contributed by atoms with Gasteiger partial charge in [0.05, 0.1) is 71.9 Å². The first-order valence-corrected chi connectivity index (χ1v) is 20.0. The number of aliphatic hydroxyl groups is 3. The van der Waals surface area contributed by atoms with Crippen LogP contribution in [0.3, 0.4) is 0 Å². The van der Waals surface area contributed by atoms with Crippen molar-refractivity contribution in [3.8, 4) is 11.5 Å². The Morgan fingerprint density at radius 3 is 2.18 bits per heavy atom. The number of thiocarbonyl (C=S) groups is 1. The Hall–Kier alpha value is -4.28. The van der Waals surface area contributed by atoms with E-state index in [1.807, 2.05) is 6.92 Å². The molecule has 2 aromatic rings. The minimum absolute atomic E-state index is 0.0742. The van der Waals surface area contributed by atoms with E-state index in [2.05, 4.69) is 25.5 Å². The van der Waals surface area contributed by atoms with Gasteiger partial charge in [0.2, 0.25) is 11.6 Å². The number of hydrazone groups is 1. The van der Waals surface area contributed by atoms with E-state index in [9.17, 15) is 37.7 Å². The fourth-order valence-electron chi connectivity index (χ4n) is 6.44. The number of anilines is 1. The van der Waals surface area contributed by atoms with Crippen molar-refractivity contribution in [1.82, 2.24) is 5.32 Å². The number of carbonyl (C=O) groups is 1. The largest absolute Gasteiger partial charge is 0.483 e. The van der Waals surface area contributed by atoms with Crippen LogP contribution in [0.5, 0.6) is 11.5 Å². The lowest BCUT2D eigenvalue weighted by molar-refractivity contribution is -0.135. The number of benzene rings is 2. The predicted octanol–water partition coefficient (Wildman–Crippen LogP) is 3.64. The fourth-order valence-corrected chi connectivity index (χ4v) is 6.66. The van der Waals surface area contributed by atoms with Crippen molar-refractivity contribution >= 4 is 40.9 Å².